The zero-order valence-corrected chi connectivity index (χ0v) is 10.0. The van der Waals surface area contributed by atoms with Crippen LogP contribution in [0, 0.1) is 23.7 Å². The second-order valence-corrected chi connectivity index (χ2v) is 5.85. The lowest BCUT2D eigenvalue weighted by atomic mass is 9.55. The number of carbonyl (C=O) groups is 1. The van der Waals surface area contributed by atoms with Crippen molar-refractivity contribution in [3.63, 3.8) is 0 Å². The molecule has 0 aromatic rings. The Kier molecular flexibility index (Phi) is 3.09. The zero-order valence-electron chi connectivity index (χ0n) is 10.0. The van der Waals surface area contributed by atoms with Gasteiger partial charge in [0.25, 0.3) is 0 Å². The molecule has 4 nitrogen and oxygen atoms in total. The van der Waals surface area contributed by atoms with Gasteiger partial charge in [0.05, 0.1) is 6.10 Å². The molecule has 0 spiro atoms. The lowest BCUT2D eigenvalue weighted by Gasteiger charge is -2.53. The maximum atomic E-state index is 10.8. The van der Waals surface area contributed by atoms with Gasteiger partial charge in [-0.3, -0.25) is 0 Å². The Morgan fingerprint density at radius 3 is 2.18 bits per heavy atom. The highest BCUT2D eigenvalue weighted by Gasteiger charge is 2.48. The lowest BCUT2D eigenvalue weighted by molar-refractivity contribution is -0.188. The molecule has 4 aliphatic carbocycles. The van der Waals surface area contributed by atoms with Crippen molar-refractivity contribution in [2.45, 2.75) is 38.2 Å². The maximum Gasteiger partial charge on any atom is 0.333 e. The molecule has 1 N–H and O–H groups in total. The van der Waals surface area contributed by atoms with Crippen LogP contribution in [0.3, 0.4) is 0 Å². The molecule has 4 bridgehead atoms. The van der Waals surface area contributed by atoms with Crippen LogP contribution in [-0.4, -0.2) is 30.6 Å². The van der Waals surface area contributed by atoms with Gasteiger partial charge in [-0.2, -0.15) is 0 Å². The van der Waals surface area contributed by atoms with Crippen LogP contribution in [0.5, 0.6) is 0 Å². The Bertz CT molecular complexity index is 274. The summed E-state index contributed by atoms with van der Waals surface area (Å²) in [4.78, 5) is 10.8. The van der Waals surface area contributed by atoms with E-state index >= 15 is 0 Å². The number of ether oxygens (including phenoxy) is 2. The highest BCUT2D eigenvalue weighted by atomic mass is 16.7. The standard InChI is InChI=1S/C13H20O4/c14-6-12(15)16-7-17-13-10-2-8-1-9(4-10)5-11(13)3-8/h8-11,13-14H,1-7H2. The van der Waals surface area contributed by atoms with E-state index in [9.17, 15) is 4.79 Å². The minimum Gasteiger partial charge on any atom is -0.437 e. The van der Waals surface area contributed by atoms with Crippen molar-refractivity contribution in [1.29, 1.82) is 0 Å². The van der Waals surface area contributed by atoms with E-state index < -0.39 is 12.6 Å². The van der Waals surface area contributed by atoms with Gasteiger partial charge in [-0.15, -0.1) is 0 Å². The van der Waals surface area contributed by atoms with Crippen LogP contribution in [0.25, 0.3) is 0 Å². The predicted octanol–water partition coefficient (Wildman–Crippen LogP) is 1.32. The van der Waals surface area contributed by atoms with E-state index in [0.717, 1.165) is 11.8 Å². The zero-order chi connectivity index (χ0) is 11.8. The van der Waals surface area contributed by atoms with Gasteiger partial charge < -0.3 is 14.6 Å². The van der Waals surface area contributed by atoms with Crippen LogP contribution in [0.4, 0.5) is 0 Å². The summed E-state index contributed by atoms with van der Waals surface area (Å²) in [6, 6.07) is 0. The molecule has 4 rings (SSSR count). The minimum atomic E-state index is -0.603. The lowest BCUT2D eigenvalue weighted by Crippen LogP contribution is -2.49. The van der Waals surface area contributed by atoms with Gasteiger partial charge in [0, 0.05) is 0 Å². The molecule has 0 heterocycles. The molecule has 0 radical (unpaired) electrons. The third-order valence-electron chi connectivity index (χ3n) is 4.75. The molecule has 0 aromatic heterocycles. The van der Waals surface area contributed by atoms with Crippen molar-refractivity contribution >= 4 is 5.97 Å². The number of hydrogen-bond donors (Lipinski definition) is 1. The normalized spacial score (nSPS) is 42.8. The maximum absolute atomic E-state index is 10.8. The van der Waals surface area contributed by atoms with Gasteiger partial charge in [-0.25, -0.2) is 4.79 Å². The van der Waals surface area contributed by atoms with Crippen LogP contribution in [-0.2, 0) is 14.3 Å². The fourth-order valence-corrected chi connectivity index (χ4v) is 4.37. The van der Waals surface area contributed by atoms with Crippen LogP contribution < -0.4 is 0 Å². The SMILES string of the molecule is O=C(CO)OCOC1C2CC3CC(C2)CC1C3. The third kappa shape index (κ3) is 2.20. The number of aliphatic hydroxyl groups is 1. The molecule has 17 heavy (non-hydrogen) atoms. The van der Waals surface area contributed by atoms with Gasteiger partial charge in [0.1, 0.15) is 6.61 Å². The number of rotatable bonds is 4. The minimum absolute atomic E-state index is 0.00634. The first-order valence-corrected chi connectivity index (χ1v) is 6.64. The molecule has 4 saturated carbocycles. The Labute approximate surface area is 101 Å². The first kappa shape index (κ1) is 11.5. The third-order valence-corrected chi connectivity index (χ3v) is 4.75. The number of carbonyl (C=O) groups excluding carboxylic acids is 1. The highest BCUT2D eigenvalue weighted by Crippen LogP contribution is 2.54. The van der Waals surface area contributed by atoms with Gasteiger partial charge in [0.2, 0.25) is 0 Å². The van der Waals surface area contributed by atoms with Crippen molar-refractivity contribution in [3.05, 3.63) is 0 Å². The monoisotopic (exact) mass is 240 g/mol. The number of esters is 1. The van der Waals surface area contributed by atoms with Crippen LogP contribution >= 0.6 is 0 Å². The first-order chi connectivity index (χ1) is 8.26. The van der Waals surface area contributed by atoms with E-state index in [1.807, 2.05) is 0 Å². The molecule has 0 aliphatic heterocycles. The summed E-state index contributed by atoms with van der Waals surface area (Å²) in [6.45, 7) is -0.558. The molecule has 4 aliphatic rings. The van der Waals surface area contributed by atoms with Crippen molar-refractivity contribution < 1.29 is 19.4 Å². The van der Waals surface area contributed by atoms with Crippen molar-refractivity contribution in [3.8, 4) is 0 Å². The molecule has 0 atom stereocenters. The van der Waals surface area contributed by atoms with Crippen LogP contribution in [0.2, 0.25) is 0 Å². The molecule has 0 saturated heterocycles. The summed E-state index contributed by atoms with van der Waals surface area (Å²) in [7, 11) is 0. The van der Waals surface area contributed by atoms with E-state index in [2.05, 4.69) is 0 Å². The molecule has 0 amide bonds. The fourth-order valence-electron chi connectivity index (χ4n) is 4.37. The molecule has 0 aromatic carbocycles. The molecule has 4 fully saturated rings. The summed E-state index contributed by atoms with van der Waals surface area (Å²) in [5.41, 5.74) is 0. The van der Waals surface area contributed by atoms with Crippen LogP contribution in [0.15, 0.2) is 0 Å². The summed E-state index contributed by atoms with van der Waals surface area (Å²) < 4.78 is 10.5. The van der Waals surface area contributed by atoms with Gasteiger partial charge in [-0.05, 0) is 55.8 Å². The van der Waals surface area contributed by atoms with Gasteiger partial charge in [0.15, 0.2) is 6.79 Å². The van der Waals surface area contributed by atoms with Crippen LogP contribution in [0.1, 0.15) is 32.1 Å². The summed E-state index contributed by atoms with van der Waals surface area (Å²) in [5, 5.41) is 8.54. The van der Waals surface area contributed by atoms with E-state index in [0.29, 0.717) is 11.8 Å². The average Bonchev–Trinajstić information content (AvgIpc) is 2.31. The topological polar surface area (TPSA) is 55.8 Å². The van der Waals surface area contributed by atoms with E-state index in [-0.39, 0.29) is 12.9 Å². The summed E-state index contributed by atoms with van der Waals surface area (Å²) in [6.07, 6.45) is 6.91. The Morgan fingerprint density at radius 1 is 1.06 bits per heavy atom. The number of hydrogen-bond acceptors (Lipinski definition) is 4. The molecule has 0 unspecified atom stereocenters. The fraction of sp³-hybridized carbons (Fsp3) is 0.923. The van der Waals surface area contributed by atoms with Crippen molar-refractivity contribution in [2.75, 3.05) is 13.4 Å². The highest BCUT2D eigenvalue weighted by molar-refractivity contribution is 5.70. The first-order valence-electron chi connectivity index (χ1n) is 6.64. The number of aliphatic hydroxyl groups excluding tert-OH is 1. The van der Waals surface area contributed by atoms with Crippen molar-refractivity contribution in [1.82, 2.24) is 0 Å². The molecule has 4 heteroatoms. The quantitative estimate of drug-likeness (QED) is 0.595. The second kappa shape index (κ2) is 4.58. The Balaban J connectivity index is 1.52. The Hall–Kier alpha value is -0.610. The molecular formula is C13H20O4. The Morgan fingerprint density at radius 2 is 1.65 bits per heavy atom. The van der Waals surface area contributed by atoms with E-state index in [1.165, 1.54) is 32.1 Å². The average molecular weight is 240 g/mol. The summed E-state index contributed by atoms with van der Waals surface area (Å²) in [5.74, 6) is 2.61. The largest absolute Gasteiger partial charge is 0.437 e. The predicted molar refractivity (Wildman–Crippen MR) is 60.0 cm³/mol. The van der Waals surface area contributed by atoms with E-state index in [4.69, 9.17) is 14.6 Å². The van der Waals surface area contributed by atoms with Gasteiger partial charge >= 0.3 is 5.97 Å². The van der Waals surface area contributed by atoms with Crippen molar-refractivity contribution in [2.24, 2.45) is 23.7 Å². The smallest absolute Gasteiger partial charge is 0.333 e. The molecule has 96 valence electrons. The second-order valence-electron chi connectivity index (χ2n) is 5.85. The molecular weight excluding hydrogens is 220 g/mol. The van der Waals surface area contributed by atoms with E-state index in [1.54, 1.807) is 0 Å². The summed E-state index contributed by atoms with van der Waals surface area (Å²) >= 11 is 0. The van der Waals surface area contributed by atoms with Gasteiger partial charge in [-0.1, -0.05) is 0 Å².